The molecule has 0 amide bonds. The van der Waals surface area contributed by atoms with Crippen LogP contribution in [-0.2, 0) is 11.3 Å². The molecule has 0 spiro atoms. The second-order valence-electron chi connectivity index (χ2n) is 4.23. The molecule has 2 nitrogen and oxygen atoms in total. The number of hydrogen-bond acceptors (Lipinski definition) is 2. The molecule has 0 aromatic heterocycles. The van der Waals surface area contributed by atoms with Crippen LogP contribution in [0.5, 0.6) is 11.5 Å². The Kier molecular flexibility index (Phi) is 4.64. The van der Waals surface area contributed by atoms with E-state index in [9.17, 15) is 0 Å². The monoisotopic (exact) mass is 254 g/mol. The van der Waals surface area contributed by atoms with E-state index in [0.717, 1.165) is 11.5 Å². The molecule has 3 rings (SSSR count). The van der Waals surface area contributed by atoms with Crippen molar-refractivity contribution in [1.29, 1.82) is 0 Å². The highest BCUT2D eigenvalue weighted by atomic mass is 16.5. The van der Waals surface area contributed by atoms with Crippen molar-refractivity contribution in [3.05, 3.63) is 54.1 Å². The minimum atomic E-state index is 0.204. The predicted octanol–water partition coefficient (Wildman–Crippen LogP) is 3.86. The molecule has 0 fully saturated rings. The molecule has 98 valence electrons. The Morgan fingerprint density at radius 2 is 1.74 bits per heavy atom. The molecule has 0 saturated heterocycles. The van der Waals surface area contributed by atoms with Gasteiger partial charge in [-0.1, -0.05) is 44.9 Å². The Morgan fingerprint density at radius 1 is 1.00 bits per heavy atom. The highest BCUT2D eigenvalue weighted by Crippen LogP contribution is 2.23. The maximum Gasteiger partial charge on any atom is 0.324 e. The number of para-hydroxylation sites is 1. The van der Waals surface area contributed by atoms with Gasteiger partial charge in [0.25, 0.3) is 0 Å². The first kappa shape index (κ1) is 13.7. The van der Waals surface area contributed by atoms with Gasteiger partial charge in [-0.15, -0.1) is 0 Å². The smallest absolute Gasteiger partial charge is 0.324 e. The summed E-state index contributed by atoms with van der Waals surface area (Å²) in [5.41, 5.74) is 2.50. The molecule has 19 heavy (non-hydrogen) atoms. The van der Waals surface area contributed by atoms with Gasteiger partial charge < -0.3 is 9.39 Å². The summed E-state index contributed by atoms with van der Waals surface area (Å²) in [6, 6.07) is 16.0. The van der Waals surface area contributed by atoms with Crippen molar-refractivity contribution in [2.24, 2.45) is 0 Å². The van der Waals surface area contributed by atoms with Gasteiger partial charge in [0.2, 0.25) is 0 Å². The summed E-state index contributed by atoms with van der Waals surface area (Å²) in [6.45, 7) is 6.96. The maximum absolute atomic E-state index is 5.78. The number of ether oxygens (including phenoxy) is 1. The van der Waals surface area contributed by atoms with E-state index in [4.69, 9.17) is 9.39 Å². The molecule has 0 saturated carbocycles. The molecule has 2 aromatic rings. The van der Waals surface area contributed by atoms with Gasteiger partial charge in [0.15, 0.2) is 0 Å². The van der Waals surface area contributed by atoms with E-state index in [1.54, 1.807) is 0 Å². The summed E-state index contributed by atoms with van der Waals surface area (Å²) >= 11 is 0. The molecule has 0 radical (unpaired) electrons. The highest BCUT2D eigenvalue weighted by Gasteiger charge is 2.23. The number of rotatable bonds is 2. The number of fused-ring (bicyclic) bond motifs is 1. The van der Waals surface area contributed by atoms with Crippen LogP contribution in [0.2, 0.25) is 6.82 Å². The summed E-state index contributed by atoms with van der Waals surface area (Å²) in [6.07, 6.45) is 0. The Bertz CT molecular complexity index is 526. The lowest BCUT2D eigenvalue weighted by molar-refractivity contribution is 0.333. The van der Waals surface area contributed by atoms with Gasteiger partial charge in [0.1, 0.15) is 11.5 Å². The molecule has 1 heterocycles. The summed E-state index contributed by atoms with van der Waals surface area (Å²) in [5, 5.41) is 0. The summed E-state index contributed by atoms with van der Waals surface area (Å²) < 4.78 is 11.4. The van der Waals surface area contributed by atoms with Gasteiger partial charge in [-0.3, -0.25) is 0 Å². The molecule has 0 aliphatic carbocycles. The fourth-order valence-electron chi connectivity index (χ4n) is 2.10. The first-order valence-corrected chi connectivity index (χ1v) is 6.80. The second-order valence-corrected chi connectivity index (χ2v) is 4.23. The quantitative estimate of drug-likeness (QED) is 0.757. The third-order valence-corrected chi connectivity index (χ3v) is 3.02. The molecule has 0 atom stereocenters. The van der Waals surface area contributed by atoms with Crippen LogP contribution in [0.1, 0.15) is 19.4 Å². The lowest BCUT2D eigenvalue weighted by atomic mass is 9.64. The van der Waals surface area contributed by atoms with Crippen LogP contribution in [-0.4, -0.2) is 6.92 Å². The van der Waals surface area contributed by atoms with Gasteiger partial charge >= 0.3 is 6.92 Å². The topological polar surface area (TPSA) is 18.5 Å². The SMILES string of the molecule is CB1OCc2cc(Oc3ccccc3)ccc21.CC. The summed E-state index contributed by atoms with van der Waals surface area (Å²) in [4.78, 5) is 0. The van der Waals surface area contributed by atoms with E-state index in [-0.39, 0.29) is 6.92 Å². The van der Waals surface area contributed by atoms with Gasteiger partial charge in [-0.2, -0.15) is 0 Å². The van der Waals surface area contributed by atoms with Crippen LogP contribution < -0.4 is 10.2 Å². The molecular formula is C16H19BO2. The standard InChI is InChI=1S/C14H13BO2.C2H6/c1-15-14-8-7-13(9-11(14)10-16-15)17-12-5-3-2-4-6-12;1-2/h2-9H,10H2,1H3;1-2H3. The zero-order valence-electron chi connectivity index (χ0n) is 11.7. The normalized spacial score (nSPS) is 12.5. The first-order chi connectivity index (χ1) is 9.33. The van der Waals surface area contributed by atoms with E-state index in [2.05, 4.69) is 19.0 Å². The van der Waals surface area contributed by atoms with Crippen molar-refractivity contribution in [2.45, 2.75) is 27.3 Å². The van der Waals surface area contributed by atoms with Crippen molar-refractivity contribution < 1.29 is 9.39 Å². The number of hydrogen-bond donors (Lipinski definition) is 0. The zero-order valence-corrected chi connectivity index (χ0v) is 11.7. The molecule has 3 heteroatoms. The Hall–Kier alpha value is -1.74. The third-order valence-electron chi connectivity index (χ3n) is 3.02. The molecule has 0 unspecified atom stereocenters. The average molecular weight is 254 g/mol. The van der Waals surface area contributed by atoms with E-state index in [1.165, 1.54) is 11.0 Å². The maximum atomic E-state index is 5.78. The Balaban J connectivity index is 0.000000637. The Labute approximate surface area is 115 Å². The molecular weight excluding hydrogens is 235 g/mol. The molecule has 0 N–H and O–H groups in total. The fraction of sp³-hybridized carbons (Fsp3) is 0.250. The summed E-state index contributed by atoms with van der Waals surface area (Å²) in [5.74, 6) is 1.73. The van der Waals surface area contributed by atoms with Crippen LogP contribution in [0.3, 0.4) is 0 Å². The van der Waals surface area contributed by atoms with Crippen LogP contribution in [0.15, 0.2) is 48.5 Å². The van der Waals surface area contributed by atoms with Gasteiger partial charge in [0, 0.05) is 0 Å². The lowest BCUT2D eigenvalue weighted by Gasteiger charge is -2.07. The zero-order chi connectivity index (χ0) is 13.7. The van der Waals surface area contributed by atoms with Crippen LogP contribution in [0.4, 0.5) is 0 Å². The first-order valence-electron chi connectivity index (χ1n) is 6.80. The lowest BCUT2D eigenvalue weighted by Crippen LogP contribution is -2.23. The Morgan fingerprint density at radius 3 is 2.47 bits per heavy atom. The van der Waals surface area contributed by atoms with Gasteiger partial charge in [0.05, 0.1) is 6.61 Å². The molecule has 1 aliphatic heterocycles. The molecule has 2 aromatic carbocycles. The number of benzene rings is 2. The van der Waals surface area contributed by atoms with E-state index in [0.29, 0.717) is 6.61 Å². The fourth-order valence-corrected chi connectivity index (χ4v) is 2.10. The van der Waals surface area contributed by atoms with Crippen LogP contribution in [0.25, 0.3) is 0 Å². The van der Waals surface area contributed by atoms with E-state index in [1.807, 2.05) is 50.2 Å². The largest absolute Gasteiger partial charge is 0.457 e. The second kappa shape index (κ2) is 6.44. The van der Waals surface area contributed by atoms with Crippen molar-refractivity contribution in [3.8, 4) is 11.5 Å². The van der Waals surface area contributed by atoms with E-state index >= 15 is 0 Å². The average Bonchev–Trinajstić information content (AvgIpc) is 2.83. The predicted molar refractivity (Wildman–Crippen MR) is 80.3 cm³/mol. The summed E-state index contributed by atoms with van der Waals surface area (Å²) in [7, 11) is 0. The van der Waals surface area contributed by atoms with Crippen molar-refractivity contribution in [2.75, 3.05) is 0 Å². The van der Waals surface area contributed by atoms with Crippen molar-refractivity contribution in [3.63, 3.8) is 0 Å². The third kappa shape index (κ3) is 3.18. The van der Waals surface area contributed by atoms with Crippen molar-refractivity contribution in [1.82, 2.24) is 0 Å². The van der Waals surface area contributed by atoms with Gasteiger partial charge in [-0.25, -0.2) is 0 Å². The van der Waals surface area contributed by atoms with Crippen molar-refractivity contribution >= 4 is 12.4 Å². The van der Waals surface area contributed by atoms with Crippen LogP contribution in [0, 0.1) is 0 Å². The van der Waals surface area contributed by atoms with Gasteiger partial charge in [-0.05, 0) is 35.3 Å². The minimum Gasteiger partial charge on any atom is -0.457 e. The molecule has 1 aliphatic rings. The molecule has 0 bridgehead atoms. The van der Waals surface area contributed by atoms with E-state index < -0.39 is 0 Å². The highest BCUT2D eigenvalue weighted by molar-refractivity contribution is 6.67. The minimum absolute atomic E-state index is 0.204. The van der Waals surface area contributed by atoms with Crippen LogP contribution >= 0.6 is 0 Å².